The second kappa shape index (κ2) is 4.74. The molecule has 0 spiro atoms. The number of hydrogen-bond donors (Lipinski definition) is 2. The van der Waals surface area contributed by atoms with E-state index in [-0.39, 0.29) is 12.3 Å². The van der Waals surface area contributed by atoms with E-state index in [1.165, 1.54) is 0 Å². The molecule has 0 radical (unpaired) electrons. The number of hydrogen-bond acceptors (Lipinski definition) is 2. The number of rotatable bonds is 5. The highest BCUT2D eigenvalue weighted by Gasteiger charge is 2.25. The van der Waals surface area contributed by atoms with Crippen molar-refractivity contribution < 1.29 is 19.8 Å². The fourth-order valence-electron chi connectivity index (χ4n) is 1.00. The minimum Gasteiger partial charge on any atom is -0.481 e. The van der Waals surface area contributed by atoms with Crippen LogP contribution in [0.15, 0.2) is 0 Å². The SMILES string of the molecule is CC[C@@H](C)[C@@H](CC(=O)O)C(=O)O. The van der Waals surface area contributed by atoms with Crippen LogP contribution in [-0.4, -0.2) is 22.2 Å². The molecule has 0 aromatic heterocycles. The molecule has 4 heteroatoms. The lowest BCUT2D eigenvalue weighted by atomic mass is 9.89. The molecule has 0 fully saturated rings. The van der Waals surface area contributed by atoms with Gasteiger partial charge in [0.15, 0.2) is 0 Å². The van der Waals surface area contributed by atoms with E-state index in [0.29, 0.717) is 6.42 Å². The molecule has 0 bridgehead atoms. The summed E-state index contributed by atoms with van der Waals surface area (Å²) in [5.74, 6) is -2.92. The van der Waals surface area contributed by atoms with Crippen LogP contribution in [-0.2, 0) is 9.59 Å². The molecule has 2 atom stereocenters. The van der Waals surface area contributed by atoms with Crippen molar-refractivity contribution in [2.75, 3.05) is 0 Å². The lowest BCUT2D eigenvalue weighted by Gasteiger charge is -2.15. The Labute approximate surface area is 71.2 Å². The Kier molecular flexibility index (Phi) is 4.33. The molecule has 0 aromatic rings. The third-order valence-corrected chi connectivity index (χ3v) is 2.04. The maximum absolute atomic E-state index is 10.6. The van der Waals surface area contributed by atoms with Crippen molar-refractivity contribution >= 4 is 11.9 Å². The van der Waals surface area contributed by atoms with Gasteiger partial charge >= 0.3 is 11.9 Å². The summed E-state index contributed by atoms with van der Waals surface area (Å²) >= 11 is 0. The molecule has 0 heterocycles. The van der Waals surface area contributed by atoms with E-state index in [1.54, 1.807) is 6.92 Å². The van der Waals surface area contributed by atoms with Crippen molar-refractivity contribution in [3.05, 3.63) is 0 Å². The third-order valence-electron chi connectivity index (χ3n) is 2.04. The first-order valence-corrected chi connectivity index (χ1v) is 3.93. The molecule has 0 saturated carbocycles. The van der Waals surface area contributed by atoms with Gasteiger partial charge in [-0.05, 0) is 5.92 Å². The molecular weight excluding hydrogens is 160 g/mol. The number of carboxylic acids is 2. The average Bonchev–Trinajstić information content (AvgIpc) is 1.98. The van der Waals surface area contributed by atoms with Crippen LogP contribution in [0.2, 0.25) is 0 Å². The first kappa shape index (κ1) is 10.9. The van der Waals surface area contributed by atoms with E-state index < -0.39 is 17.9 Å². The van der Waals surface area contributed by atoms with E-state index in [0.717, 1.165) is 0 Å². The molecule has 2 N–H and O–H groups in total. The van der Waals surface area contributed by atoms with Gasteiger partial charge in [-0.15, -0.1) is 0 Å². The van der Waals surface area contributed by atoms with Gasteiger partial charge in [0, 0.05) is 0 Å². The van der Waals surface area contributed by atoms with Crippen molar-refractivity contribution in [3.63, 3.8) is 0 Å². The van der Waals surface area contributed by atoms with Gasteiger partial charge < -0.3 is 10.2 Å². The molecule has 0 amide bonds. The fourth-order valence-corrected chi connectivity index (χ4v) is 1.00. The average molecular weight is 174 g/mol. The lowest BCUT2D eigenvalue weighted by Crippen LogP contribution is -2.24. The summed E-state index contributed by atoms with van der Waals surface area (Å²) in [6.07, 6.45) is 0.397. The molecule has 70 valence electrons. The van der Waals surface area contributed by atoms with Gasteiger partial charge in [-0.1, -0.05) is 20.3 Å². The van der Waals surface area contributed by atoms with Crippen molar-refractivity contribution in [3.8, 4) is 0 Å². The van der Waals surface area contributed by atoms with Crippen LogP contribution >= 0.6 is 0 Å². The van der Waals surface area contributed by atoms with Crippen molar-refractivity contribution in [1.29, 1.82) is 0 Å². The van der Waals surface area contributed by atoms with Gasteiger partial charge in [-0.2, -0.15) is 0 Å². The smallest absolute Gasteiger partial charge is 0.307 e. The molecule has 0 rings (SSSR count). The van der Waals surface area contributed by atoms with Crippen LogP contribution < -0.4 is 0 Å². The highest BCUT2D eigenvalue weighted by Crippen LogP contribution is 2.18. The Morgan fingerprint density at radius 2 is 1.83 bits per heavy atom. The van der Waals surface area contributed by atoms with Crippen LogP contribution in [0.1, 0.15) is 26.7 Å². The third kappa shape index (κ3) is 3.37. The minimum atomic E-state index is -1.05. The van der Waals surface area contributed by atoms with Crippen LogP contribution in [0.3, 0.4) is 0 Å². The molecule has 0 saturated heterocycles. The second-order valence-corrected chi connectivity index (χ2v) is 2.93. The Bertz CT molecular complexity index is 176. The summed E-state index contributed by atoms with van der Waals surface area (Å²) in [4.78, 5) is 20.8. The van der Waals surface area contributed by atoms with Gasteiger partial charge in [0.05, 0.1) is 12.3 Å². The highest BCUT2D eigenvalue weighted by atomic mass is 16.4. The first-order valence-electron chi connectivity index (χ1n) is 3.93. The second-order valence-electron chi connectivity index (χ2n) is 2.93. The van der Waals surface area contributed by atoms with Crippen LogP contribution in [0.25, 0.3) is 0 Å². The Hall–Kier alpha value is -1.06. The maximum Gasteiger partial charge on any atom is 0.307 e. The van der Waals surface area contributed by atoms with Gasteiger partial charge in [0.2, 0.25) is 0 Å². The summed E-state index contributed by atoms with van der Waals surface area (Å²) < 4.78 is 0. The van der Waals surface area contributed by atoms with E-state index in [2.05, 4.69) is 0 Å². The number of aliphatic carboxylic acids is 2. The normalized spacial score (nSPS) is 15.2. The van der Waals surface area contributed by atoms with E-state index in [4.69, 9.17) is 10.2 Å². The fraction of sp³-hybridized carbons (Fsp3) is 0.750. The summed E-state index contributed by atoms with van der Waals surface area (Å²) in [5, 5.41) is 17.1. The van der Waals surface area contributed by atoms with Crippen molar-refractivity contribution in [2.24, 2.45) is 11.8 Å². The van der Waals surface area contributed by atoms with Gasteiger partial charge in [0.25, 0.3) is 0 Å². The molecular formula is C8H14O4. The quantitative estimate of drug-likeness (QED) is 0.656. The molecule has 0 unspecified atom stereocenters. The zero-order valence-electron chi connectivity index (χ0n) is 7.28. The Morgan fingerprint density at radius 1 is 1.33 bits per heavy atom. The van der Waals surface area contributed by atoms with Crippen molar-refractivity contribution in [2.45, 2.75) is 26.7 Å². The number of carbonyl (C=O) groups is 2. The largest absolute Gasteiger partial charge is 0.481 e. The monoisotopic (exact) mass is 174 g/mol. The Balaban J connectivity index is 4.22. The summed E-state index contributed by atoms with van der Waals surface area (Å²) in [7, 11) is 0. The van der Waals surface area contributed by atoms with Crippen LogP contribution in [0, 0.1) is 11.8 Å². The Morgan fingerprint density at radius 3 is 2.08 bits per heavy atom. The summed E-state index contributed by atoms with van der Waals surface area (Å²) in [6, 6.07) is 0. The molecule has 0 aromatic carbocycles. The standard InChI is InChI=1S/C8H14O4/c1-3-5(2)6(8(11)12)4-7(9)10/h5-6H,3-4H2,1-2H3,(H,9,10)(H,11,12)/t5-,6-/m1/s1. The minimum absolute atomic E-state index is 0.0846. The predicted molar refractivity (Wildman–Crippen MR) is 42.8 cm³/mol. The summed E-state index contributed by atoms with van der Waals surface area (Å²) in [6.45, 7) is 3.60. The van der Waals surface area contributed by atoms with E-state index in [9.17, 15) is 9.59 Å². The molecule has 12 heavy (non-hydrogen) atoms. The first-order chi connectivity index (χ1) is 5.49. The van der Waals surface area contributed by atoms with Crippen molar-refractivity contribution in [1.82, 2.24) is 0 Å². The van der Waals surface area contributed by atoms with Gasteiger partial charge in [-0.25, -0.2) is 0 Å². The van der Waals surface area contributed by atoms with Crippen LogP contribution in [0.5, 0.6) is 0 Å². The summed E-state index contributed by atoms with van der Waals surface area (Å²) in [5.41, 5.74) is 0. The van der Waals surface area contributed by atoms with E-state index in [1.807, 2.05) is 6.92 Å². The highest BCUT2D eigenvalue weighted by molar-refractivity contribution is 5.77. The van der Waals surface area contributed by atoms with Gasteiger partial charge in [-0.3, -0.25) is 9.59 Å². The molecule has 0 aliphatic rings. The lowest BCUT2D eigenvalue weighted by molar-refractivity contribution is -0.150. The van der Waals surface area contributed by atoms with E-state index >= 15 is 0 Å². The van der Waals surface area contributed by atoms with Crippen LogP contribution in [0.4, 0.5) is 0 Å². The predicted octanol–water partition coefficient (Wildman–Crippen LogP) is 1.21. The molecule has 0 aliphatic carbocycles. The molecule has 0 aliphatic heterocycles. The topological polar surface area (TPSA) is 74.6 Å². The van der Waals surface area contributed by atoms with Gasteiger partial charge in [0.1, 0.15) is 0 Å². The number of carboxylic acid groups (broad SMARTS) is 2. The zero-order valence-corrected chi connectivity index (χ0v) is 7.28. The maximum atomic E-state index is 10.6. The zero-order chi connectivity index (χ0) is 9.72. The molecule has 4 nitrogen and oxygen atoms in total.